The maximum Gasteiger partial charge on any atom is 0.410 e. The first-order valence-electron chi connectivity index (χ1n) is 6.23. The summed E-state index contributed by atoms with van der Waals surface area (Å²) >= 11 is 0. The second-order valence-electron chi connectivity index (χ2n) is 4.41. The lowest BCUT2D eigenvalue weighted by molar-refractivity contribution is -0.140. The fraction of sp³-hybridized carbons (Fsp3) is 0.500. The number of carboxylic acid groups (broad SMARTS) is 1. The number of piperazine rings is 1. The molecular formula is C12H16N4O4. The van der Waals surface area contributed by atoms with Gasteiger partial charge in [0.05, 0.1) is 18.1 Å². The predicted molar refractivity (Wildman–Crippen MR) is 69.5 cm³/mol. The van der Waals surface area contributed by atoms with Crippen LogP contribution in [-0.2, 0) is 9.53 Å². The van der Waals surface area contributed by atoms with E-state index in [0.717, 1.165) is 5.69 Å². The van der Waals surface area contributed by atoms with E-state index in [2.05, 4.69) is 19.6 Å². The fourth-order valence-electron chi connectivity index (χ4n) is 1.91. The van der Waals surface area contributed by atoms with Crippen LogP contribution in [0, 0.1) is 6.92 Å². The first kappa shape index (κ1) is 14.0. The topological polar surface area (TPSA) is 95.9 Å². The highest BCUT2D eigenvalue weighted by Gasteiger charge is 2.23. The maximum absolute atomic E-state index is 11.6. The van der Waals surface area contributed by atoms with Crippen molar-refractivity contribution in [2.45, 2.75) is 6.92 Å². The van der Waals surface area contributed by atoms with Crippen molar-refractivity contribution in [1.29, 1.82) is 0 Å². The van der Waals surface area contributed by atoms with Crippen LogP contribution in [0.25, 0.3) is 0 Å². The number of nitrogens with zero attached hydrogens (tertiary/aromatic N) is 4. The van der Waals surface area contributed by atoms with Crippen molar-refractivity contribution < 1.29 is 19.4 Å². The van der Waals surface area contributed by atoms with Gasteiger partial charge in [-0.3, -0.25) is 0 Å². The molecular weight excluding hydrogens is 264 g/mol. The number of aliphatic carboxylic acids is 1. The number of carboxylic acids is 1. The number of carbonyl (C=O) groups is 2. The van der Waals surface area contributed by atoms with Gasteiger partial charge in [-0.05, 0) is 6.92 Å². The zero-order valence-electron chi connectivity index (χ0n) is 11.2. The Morgan fingerprint density at radius 2 is 1.85 bits per heavy atom. The van der Waals surface area contributed by atoms with E-state index in [4.69, 9.17) is 5.11 Å². The smallest absolute Gasteiger partial charge is 0.410 e. The summed E-state index contributed by atoms with van der Waals surface area (Å²) in [5, 5.41) is 8.46. The van der Waals surface area contributed by atoms with Crippen molar-refractivity contribution in [3.63, 3.8) is 0 Å². The Labute approximate surface area is 116 Å². The SMILES string of the molecule is Cc1ncc(N2CCN(C(=O)OCC(=O)O)CC2)cn1. The number of aryl methyl sites for hydroxylation is 1. The van der Waals surface area contributed by atoms with Gasteiger partial charge >= 0.3 is 12.1 Å². The molecule has 1 aliphatic heterocycles. The molecule has 0 spiro atoms. The van der Waals surface area contributed by atoms with Crippen molar-refractivity contribution in [1.82, 2.24) is 14.9 Å². The van der Waals surface area contributed by atoms with Gasteiger partial charge in [-0.1, -0.05) is 0 Å². The highest BCUT2D eigenvalue weighted by atomic mass is 16.6. The van der Waals surface area contributed by atoms with Crippen molar-refractivity contribution in [3.8, 4) is 0 Å². The van der Waals surface area contributed by atoms with Gasteiger partial charge in [0.2, 0.25) is 0 Å². The number of anilines is 1. The van der Waals surface area contributed by atoms with Gasteiger partial charge in [0.1, 0.15) is 5.82 Å². The van der Waals surface area contributed by atoms with Gasteiger partial charge in [0.15, 0.2) is 6.61 Å². The summed E-state index contributed by atoms with van der Waals surface area (Å²) in [6.07, 6.45) is 2.91. The van der Waals surface area contributed by atoms with Gasteiger partial charge in [0.25, 0.3) is 0 Å². The number of hydrogen-bond acceptors (Lipinski definition) is 6. The lowest BCUT2D eigenvalue weighted by Crippen LogP contribution is -2.49. The minimum absolute atomic E-state index is 0.479. The Morgan fingerprint density at radius 3 is 2.40 bits per heavy atom. The molecule has 1 N–H and O–H groups in total. The second kappa shape index (κ2) is 6.18. The Morgan fingerprint density at radius 1 is 1.25 bits per heavy atom. The molecule has 8 heteroatoms. The van der Waals surface area contributed by atoms with Crippen LogP contribution in [0.3, 0.4) is 0 Å². The lowest BCUT2D eigenvalue weighted by Gasteiger charge is -2.34. The van der Waals surface area contributed by atoms with Gasteiger partial charge in [0, 0.05) is 26.2 Å². The minimum Gasteiger partial charge on any atom is -0.479 e. The van der Waals surface area contributed by atoms with Crippen LogP contribution in [0.4, 0.5) is 10.5 Å². The molecule has 1 aromatic heterocycles. The first-order chi connectivity index (χ1) is 9.56. The lowest BCUT2D eigenvalue weighted by atomic mass is 10.3. The summed E-state index contributed by atoms with van der Waals surface area (Å²) in [5.74, 6) is -0.446. The summed E-state index contributed by atoms with van der Waals surface area (Å²) in [4.78, 5) is 33.8. The molecule has 0 bridgehead atoms. The minimum atomic E-state index is -1.16. The number of hydrogen-bond donors (Lipinski definition) is 1. The molecule has 8 nitrogen and oxygen atoms in total. The molecule has 1 fully saturated rings. The fourth-order valence-corrected chi connectivity index (χ4v) is 1.91. The standard InChI is InChI=1S/C12H16N4O4/c1-9-13-6-10(7-14-9)15-2-4-16(5-3-15)12(19)20-8-11(17)18/h6-7H,2-5,8H2,1H3,(H,17,18). The highest BCUT2D eigenvalue weighted by molar-refractivity contribution is 5.74. The molecule has 0 aromatic carbocycles. The van der Waals surface area contributed by atoms with Crippen LogP contribution in [0.5, 0.6) is 0 Å². The molecule has 2 heterocycles. The summed E-state index contributed by atoms with van der Waals surface area (Å²) in [7, 11) is 0. The molecule has 0 radical (unpaired) electrons. The molecule has 1 saturated heterocycles. The Balaban J connectivity index is 1.84. The monoisotopic (exact) mass is 280 g/mol. The average Bonchev–Trinajstić information content (AvgIpc) is 2.46. The second-order valence-corrected chi connectivity index (χ2v) is 4.41. The molecule has 0 aliphatic carbocycles. The van der Waals surface area contributed by atoms with E-state index in [0.29, 0.717) is 32.0 Å². The van der Waals surface area contributed by atoms with Crippen molar-refractivity contribution in [2.24, 2.45) is 0 Å². The number of amides is 1. The van der Waals surface area contributed by atoms with Crippen molar-refractivity contribution in [2.75, 3.05) is 37.7 Å². The van der Waals surface area contributed by atoms with E-state index in [9.17, 15) is 9.59 Å². The molecule has 0 saturated carbocycles. The van der Waals surface area contributed by atoms with Gasteiger partial charge < -0.3 is 19.6 Å². The summed E-state index contributed by atoms with van der Waals surface area (Å²) < 4.78 is 4.64. The molecule has 1 amide bonds. The van der Waals surface area contributed by atoms with Crippen LogP contribution in [0.15, 0.2) is 12.4 Å². The zero-order chi connectivity index (χ0) is 14.5. The zero-order valence-corrected chi connectivity index (χ0v) is 11.2. The Bertz CT molecular complexity index is 483. The number of ether oxygens (including phenoxy) is 1. The van der Waals surface area contributed by atoms with Gasteiger partial charge in [-0.2, -0.15) is 0 Å². The summed E-state index contributed by atoms with van der Waals surface area (Å²) in [5.41, 5.74) is 0.911. The normalized spacial score (nSPS) is 15.1. The van der Waals surface area contributed by atoms with E-state index in [1.807, 2.05) is 6.92 Å². The maximum atomic E-state index is 11.6. The number of rotatable bonds is 3. The number of aromatic nitrogens is 2. The number of carbonyl (C=O) groups excluding carboxylic acids is 1. The molecule has 0 unspecified atom stereocenters. The average molecular weight is 280 g/mol. The third-order valence-electron chi connectivity index (χ3n) is 2.99. The van der Waals surface area contributed by atoms with Crippen LogP contribution in [-0.4, -0.2) is 64.8 Å². The third kappa shape index (κ3) is 3.56. The van der Waals surface area contributed by atoms with Crippen molar-refractivity contribution in [3.05, 3.63) is 18.2 Å². The summed E-state index contributed by atoms with van der Waals surface area (Å²) in [6, 6.07) is 0. The van der Waals surface area contributed by atoms with Gasteiger partial charge in [-0.15, -0.1) is 0 Å². The predicted octanol–water partition coefficient (Wildman–Crippen LogP) is 0.128. The Kier molecular flexibility index (Phi) is 4.34. The molecule has 1 aliphatic rings. The first-order valence-corrected chi connectivity index (χ1v) is 6.23. The van der Waals surface area contributed by atoms with Crippen LogP contribution in [0.2, 0.25) is 0 Å². The summed E-state index contributed by atoms with van der Waals surface area (Å²) in [6.45, 7) is 3.44. The van der Waals surface area contributed by atoms with E-state index < -0.39 is 18.7 Å². The third-order valence-corrected chi connectivity index (χ3v) is 2.99. The van der Waals surface area contributed by atoms with E-state index in [1.54, 1.807) is 12.4 Å². The van der Waals surface area contributed by atoms with E-state index in [1.165, 1.54) is 4.90 Å². The molecule has 20 heavy (non-hydrogen) atoms. The van der Waals surface area contributed by atoms with E-state index >= 15 is 0 Å². The van der Waals surface area contributed by atoms with Crippen LogP contribution >= 0.6 is 0 Å². The molecule has 108 valence electrons. The van der Waals surface area contributed by atoms with Crippen LogP contribution < -0.4 is 4.90 Å². The largest absolute Gasteiger partial charge is 0.479 e. The van der Waals surface area contributed by atoms with E-state index in [-0.39, 0.29) is 0 Å². The van der Waals surface area contributed by atoms with Gasteiger partial charge in [-0.25, -0.2) is 19.6 Å². The molecule has 0 atom stereocenters. The Hall–Kier alpha value is -2.38. The van der Waals surface area contributed by atoms with Crippen molar-refractivity contribution >= 4 is 17.7 Å². The quantitative estimate of drug-likeness (QED) is 0.840. The highest BCUT2D eigenvalue weighted by Crippen LogP contribution is 2.14. The molecule has 2 rings (SSSR count). The van der Waals surface area contributed by atoms with Crippen LogP contribution in [0.1, 0.15) is 5.82 Å². The molecule has 1 aromatic rings.